The Bertz CT molecular complexity index is 523. The predicted octanol–water partition coefficient (Wildman–Crippen LogP) is 3.38. The van der Waals surface area contributed by atoms with Gasteiger partial charge in [-0.1, -0.05) is 25.1 Å². The van der Waals surface area contributed by atoms with E-state index in [-0.39, 0.29) is 6.04 Å². The minimum atomic E-state index is 0.104. The molecule has 0 unspecified atom stereocenters. The van der Waals surface area contributed by atoms with Crippen molar-refractivity contribution in [3.8, 4) is 5.75 Å². The molecular weight excluding hydrogens is 236 g/mol. The lowest BCUT2D eigenvalue weighted by atomic mass is 10.1. The fourth-order valence-corrected chi connectivity index (χ4v) is 1.88. The molecule has 0 bridgehead atoms. The van der Waals surface area contributed by atoms with Crippen LogP contribution in [0.25, 0.3) is 0 Å². The molecule has 3 nitrogen and oxygen atoms in total. The summed E-state index contributed by atoms with van der Waals surface area (Å²) in [6.45, 7) is 4.55. The van der Waals surface area contributed by atoms with Gasteiger partial charge in [-0.2, -0.15) is 0 Å². The molecule has 0 saturated heterocycles. The minimum Gasteiger partial charge on any atom is -0.487 e. The van der Waals surface area contributed by atoms with Crippen molar-refractivity contribution >= 4 is 0 Å². The highest BCUT2D eigenvalue weighted by molar-refractivity contribution is 5.29. The number of nitrogens with two attached hydrogens (primary N) is 1. The Kier molecular flexibility index (Phi) is 4.53. The molecule has 0 amide bonds. The molecule has 19 heavy (non-hydrogen) atoms. The van der Waals surface area contributed by atoms with Crippen LogP contribution in [-0.4, -0.2) is 4.98 Å². The Morgan fingerprint density at radius 1 is 1.16 bits per heavy atom. The third-order valence-corrected chi connectivity index (χ3v) is 3.08. The van der Waals surface area contributed by atoms with Crippen LogP contribution >= 0.6 is 0 Å². The lowest BCUT2D eigenvalue weighted by Gasteiger charge is -2.10. The highest BCUT2D eigenvalue weighted by atomic mass is 16.5. The van der Waals surface area contributed by atoms with Gasteiger partial charge < -0.3 is 10.5 Å². The molecule has 100 valence electrons. The molecule has 2 N–H and O–H groups in total. The molecule has 1 aromatic carbocycles. The summed E-state index contributed by atoms with van der Waals surface area (Å²) >= 11 is 0. The normalized spacial score (nSPS) is 12.2. The van der Waals surface area contributed by atoms with Gasteiger partial charge in [0.1, 0.15) is 12.4 Å². The summed E-state index contributed by atoms with van der Waals surface area (Å²) in [4.78, 5) is 4.40. The number of hydrogen-bond acceptors (Lipinski definition) is 3. The van der Waals surface area contributed by atoms with Crippen LogP contribution in [0.5, 0.6) is 5.75 Å². The third kappa shape index (κ3) is 3.80. The zero-order chi connectivity index (χ0) is 13.7. The third-order valence-electron chi connectivity index (χ3n) is 3.08. The van der Waals surface area contributed by atoms with Crippen LogP contribution in [0.3, 0.4) is 0 Å². The molecule has 1 atom stereocenters. The van der Waals surface area contributed by atoms with E-state index in [0.717, 1.165) is 29.1 Å². The van der Waals surface area contributed by atoms with Crippen molar-refractivity contribution in [2.75, 3.05) is 0 Å². The van der Waals surface area contributed by atoms with Gasteiger partial charge >= 0.3 is 0 Å². The van der Waals surface area contributed by atoms with Gasteiger partial charge in [-0.3, -0.25) is 4.98 Å². The number of ether oxygens (including phenoxy) is 1. The molecule has 0 radical (unpaired) electrons. The Labute approximate surface area is 114 Å². The molecule has 0 fully saturated rings. The monoisotopic (exact) mass is 256 g/mol. The lowest BCUT2D eigenvalue weighted by Crippen LogP contribution is -2.08. The Morgan fingerprint density at radius 2 is 1.89 bits per heavy atom. The first-order valence-electron chi connectivity index (χ1n) is 6.60. The van der Waals surface area contributed by atoms with Crippen molar-refractivity contribution in [2.24, 2.45) is 5.73 Å². The van der Waals surface area contributed by atoms with E-state index in [2.05, 4.69) is 11.9 Å². The molecule has 3 heteroatoms. The Balaban J connectivity index is 1.96. The molecule has 2 aromatic rings. The van der Waals surface area contributed by atoms with E-state index >= 15 is 0 Å². The summed E-state index contributed by atoms with van der Waals surface area (Å²) < 4.78 is 5.71. The number of aryl methyl sites for hydroxylation is 1. The van der Waals surface area contributed by atoms with Crippen LogP contribution in [0, 0.1) is 6.92 Å². The second kappa shape index (κ2) is 6.34. The van der Waals surface area contributed by atoms with Gasteiger partial charge in [0.2, 0.25) is 0 Å². The van der Waals surface area contributed by atoms with Gasteiger partial charge in [-0.15, -0.1) is 0 Å². The number of hydrogen-bond donors (Lipinski definition) is 1. The fraction of sp³-hybridized carbons (Fsp3) is 0.312. The molecular formula is C16H20N2O. The van der Waals surface area contributed by atoms with Crippen molar-refractivity contribution in [3.05, 3.63) is 59.4 Å². The first-order chi connectivity index (χ1) is 9.19. The van der Waals surface area contributed by atoms with Crippen molar-refractivity contribution < 1.29 is 4.74 Å². The summed E-state index contributed by atoms with van der Waals surface area (Å²) in [6.07, 6.45) is 0.938. The average Bonchev–Trinajstić information content (AvgIpc) is 2.45. The van der Waals surface area contributed by atoms with Crippen molar-refractivity contribution in [3.63, 3.8) is 0 Å². The second-order valence-corrected chi connectivity index (χ2v) is 4.64. The maximum Gasteiger partial charge on any atom is 0.130 e. The number of aromatic nitrogens is 1. The molecule has 2 rings (SSSR count). The van der Waals surface area contributed by atoms with Crippen LogP contribution in [0.4, 0.5) is 0 Å². The molecule has 1 aromatic heterocycles. The quantitative estimate of drug-likeness (QED) is 0.892. The molecule has 0 aliphatic heterocycles. The number of rotatable bonds is 5. The van der Waals surface area contributed by atoms with Crippen LogP contribution in [-0.2, 0) is 6.61 Å². The highest BCUT2D eigenvalue weighted by Crippen LogP contribution is 2.18. The SMILES string of the molecule is CC[C@@H](N)c1ccc(OCc2cccc(C)n2)cc1. The fourth-order valence-electron chi connectivity index (χ4n) is 1.88. The van der Waals surface area contributed by atoms with E-state index in [4.69, 9.17) is 10.5 Å². The maximum atomic E-state index is 5.98. The largest absolute Gasteiger partial charge is 0.487 e. The lowest BCUT2D eigenvalue weighted by molar-refractivity contribution is 0.301. The zero-order valence-corrected chi connectivity index (χ0v) is 11.5. The molecule has 1 heterocycles. The first-order valence-corrected chi connectivity index (χ1v) is 6.60. The van der Waals surface area contributed by atoms with Crippen LogP contribution < -0.4 is 10.5 Å². The summed E-state index contributed by atoms with van der Waals surface area (Å²) in [7, 11) is 0. The summed E-state index contributed by atoms with van der Waals surface area (Å²) in [5.41, 5.74) is 9.06. The second-order valence-electron chi connectivity index (χ2n) is 4.64. The molecule has 0 aliphatic carbocycles. The number of nitrogens with zero attached hydrogens (tertiary/aromatic N) is 1. The Morgan fingerprint density at radius 3 is 2.53 bits per heavy atom. The Hall–Kier alpha value is -1.87. The van der Waals surface area contributed by atoms with Gasteiger partial charge in [0, 0.05) is 11.7 Å². The topological polar surface area (TPSA) is 48.1 Å². The summed E-state index contributed by atoms with van der Waals surface area (Å²) in [5, 5.41) is 0. The van der Waals surface area contributed by atoms with Gasteiger partial charge in [0.15, 0.2) is 0 Å². The van der Waals surface area contributed by atoms with Crippen molar-refractivity contribution in [1.29, 1.82) is 0 Å². The average molecular weight is 256 g/mol. The summed E-state index contributed by atoms with van der Waals surface area (Å²) in [6, 6.07) is 14.0. The van der Waals surface area contributed by atoms with E-state index in [1.54, 1.807) is 0 Å². The van der Waals surface area contributed by atoms with E-state index < -0.39 is 0 Å². The van der Waals surface area contributed by atoms with Crippen molar-refractivity contribution in [1.82, 2.24) is 4.98 Å². The number of benzene rings is 1. The van der Waals surface area contributed by atoms with Gasteiger partial charge in [0.05, 0.1) is 5.69 Å². The van der Waals surface area contributed by atoms with Crippen LogP contribution in [0.2, 0.25) is 0 Å². The van der Waals surface area contributed by atoms with E-state index in [1.807, 2.05) is 49.4 Å². The standard InChI is InChI=1S/C16H20N2O/c1-3-16(17)13-7-9-15(10-8-13)19-11-14-6-4-5-12(2)18-14/h4-10,16H,3,11,17H2,1-2H3/t16-/m1/s1. The summed E-state index contributed by atoms with van der Waals surface area (Å²) in [5.74, 6) is 0.843. The number of pyridine rings is 1. The smallest absolute Gasteiger partial charge is 0.130 e. The molecule has 0 saturated carbocycles. The molecule has 0 aliphatic rings. The minimum absolute atomic E-state index is 0.104. The van der Waals surface area contributed by atoms with Crippen molar-refractivity contribution in [2.45, 2.75) is 32.9 Å². The van der Waals surface area contributed by atoms with Gasteiger partial charge in [-0.25, -0.2) is 0 Å². The first kappa shape index (κ1) is 13.6. The van der Waals surface area contributed by atoms with Gasteiger partial charge in [-0.05, 0) is 43.2 Å². The van der Waals surface area contributed by atoms with Crippen LogP contribution in [0.1, 0.15) is 36.3 Å². The maximum absolute atomic E-state index is 5.98. The van der Waals surface area contributed by atoms with Crippen LogP contribution in [0.15, 0.2) is 42.5 Å². The zero-order valence-electron chi connectivity index (χ0n) is 11.5. The van der Waals surface area contributed by atoms with E-state index in [0.29, 0.717) is 6.61 Å². The van der Waals surface area contributed by atoms with E-state index in [1.165, 1.54) is 0 Å². The highest BCUT2D eigenvalue weighted by Gasteiger charge is 2.03. The van der Waals surface area contributed by atoms with E-state index in [9.17, 15) is 0 Å². The molecule has 0 spiro atoms. The predicted molar refractivity (Wildman–Crippen MR) is 77.0 cm³/mol. The van der Waals surface area contributed by atoms with Gasteiger partial charge in [0.25, 0.3) is 0 Å².